The Morgan fingerprint density at radius 3 is 2.21 bits per heavy atom. The third-order valence-electron chi connectivity index (χ3n) is 6.62. The van der Waals surface area contributed by atoms with E-state index < -0.39 is 6.04 Å². The fraction of sp³-hybridized carbons (Fsp3) is 0.750. The van der Waals surface area contributed by atoms with Crippen LogP contribution >= 0.6 is 0 Å². The Labute approximate surface area is 196 Å². The highest BCUT2D eigenvalue weighted by atomic mass is 16.2. The lowest BCUT2D eigenvalue weighted by Crippen LogP contribution is -2.44. The van der Waals surface area contributed by atoms with Gasteiger partial charge >= 0.3 is 5.69 Å². The second-order valence-corrected chi connectivity index (χ2v) is 9.21. The molecule has 0 fully saturated rings. The average Bonchev–Trinajstić information content (AvgIpc) is 3.20. The SMILES string of the molecule is CCC(C)C(N)C(=O)NCCCCCCCCCCCn1c(=O)c2c(ncn2C)n(C)c1=O. The number of nitrogens with zero attached hydrogens (tertiary/aromatic N) is 4. The van der Waals surface area contributed by atoms with Gasteiger partial charge in [-0.2, -0.15) is 0 Å². The first-order valence-electron chi connectivity index (χ1n) is 12.4. The molecule has 186 valence electrons. The number of fused-ring (bicyclic) bond motifs is 1. The van der Waals surface area contributed by atoms with E-state index in [2.05, 4.69) is 10.3 Å². The molecule has 1 amide bonds. The maximum Gasteiger partial charge on any atom is 0.332 e. The number of carbonyl (C=O) groups excluding carboxylic acids is 1. The van der Waals surface area contributed by atoms with Gasteiger partial charge in [-0.1, -0.05) is 65.2 Å². The van der Waals surface area contributed by atoms with Crippen LogP contribution in [0.4, 0.5) is 0 Å². The number of unbranched alkanes of at least 4 members (excludes halogenated alkanes) is 8. The molecule has 0 saturated carbocycles. The van der Waals surface area contributed by atoms with Gasteiger partial charge < -0.3 is 15.6 Å². The molecular formula is C24H42N6O3. The molecule has 0 aromatic carbocycles. The van der Waals surface area contributed by atoms with Crippen LogP contribution < -0.4 is 22.3 Å². The van der Waals surface area contributed by atoms with E-state index >= 15 is 0 Å². The van der Waals surface area contributed by atoms with Gasteiger partial charge in [0.25, 0.3) is 5.56 Å². The topological polar surface area (TPSA) is 117 Å². The lowest BCUT2D eigenvalue weighted by atomic mass is 9.99. The predicted molar refractivity (Wildman–Crippen MR) is 132 cm³/mol. The molecular weight excluding hydrogens is 420 g/mol. The van der Waals surface area contributed by atoms with E-state index in [1.807, 2.05) is 13.8 Å². The fourth-order valence-electron chi connectivity index (χ4n) is 4.07. The molecule has 2 unspecified atom stereocenters. The van der Waals surface area contributed by atoms with E-state index in [-0.39, 0.29) is 23.1 Å². The van der Waals surface area contributed by atoms with Crippen molar-refractivity contribution in [2.24, 2.45) is 25.7 Å². The second kappa shape index (κ2) is 13.3. The molecule has 0 bridgehead atoms. The summed E-state index contributed by atoms with van der Waals surface area (Å²) in [5, 5.41) is 2.94. The zero-order chi connectivity index (χ0) is 24.4. The first-order valence-corrected chi connectivity index (χ1v) is 12.4. The van der Waals surface area contributed by atoms with Crippen LogP contribution in [0.5, 0.6) is 0 Å². The van der Waals surface area contributed by atoms with E-state index in [0.717, 1.165) is 44.9 Å². The van der Waals surface area contributed by atoms with Gasteiger partial charge in [-0.25, -0.2) is 9.78 Å². The van der Waals surface area contributed by atoms with Gasteiger partial charge in [0.1, 0.15) is 0 Å². The van der Waals surface area contributed by atoms with Gasteiger partial charge in [-0.05, 0) is 18.8 Å². The summed E-state index contributed by atoms with van der Waals surface area (Å²) in [6, 6.07) is -0.408. The Bertz CT molecular complexity index is 1010. The lowest BCUT2D eigenvalue weighted by Gasteiger charge is -2.17. The number of nitrogens with two attached hydrogens (primary N) is 1. The second-order valence-electron chi connectivity index (χ2n) is 9.21. The molecule has 0 spiro atoms. The Kier molecular flexibility index (Phi) is 10.8. The largest absolute Gasteiger partial charge is 0.355 e. The summed E-state index contributed by atoms with van der Waals surface area (Å²) in [5.74, 6) is 0.172. The van der Waals surface area contributed by atoms with Crippen molar-refractivity contribution < 1.29 is 4.79 Å². The molecule has 0 aliphatic carbocycles. The molecule has 2 rings (SSSR count). The van der Waals surface area contributed by atoms with Crippen LogP contribution in [0, 0.1) is 5.92 Å². The fourth-order valence-corrected chi connectivity index (χ4v) is 4.07. The molecule has 2 heterocycles. The molecule has 3 N–H and O–H groups in total. The summed E-state index contributed by atoms with van der Waals surface area (Å²) < 4.78 is 4.45. The summed E-state index contributed by atoms with van der Waals surface area (Å²) in [7, 11) is 3.43. The van der Waals surface area contributed by atoms with E-state index in [4.69, 9.17) is 5.73 Å². The zero-order valence-corrected chi connectivity index (χ0v) is 20.8. The van der Waals surface area contributed by atoms with Crippen molar-refractivity contribution in [1.82, 2.24) is 24.0 Å². The van der Waals surface area contributed by atoms with Crippen molar-refractivity contribution in [2.75, 3.05) is 6.54 Å². The number of hydrogen-bond donors (Lipinski definition) is 2. The molecule has 2 aromatic heterocycles. The standard InChI is InChI=1S/C24H42N6O3/c1-5-18(2)19(25)22(31)26-15-13-11-9-7-6-8-10-12-14-16-30-23(32)20-21(27-17-28(20)3)29(4)24(30)33/h17-19H,5-16,25H2,1-4H3,(H,26,31). The van der Waals surface area contributed by atoms with Crippen molar-refractivity contribution in [2.45, 2.75) is 90.6 Å². The molecule has 33 heavy (non-hydrogen) atoms. The summed E-state index contributed by atoms with van der Waals surface area (Å²) in [4.78, 5) is 41.2. The van der Waals surface area contributed by atoms with Gasteiger partial charge in [0.05, 0.1) is 12.4 Å². The number of hydrogen-bond acceptors (Lipinski definition) is 5. The molecule has 0 saturated heterocycles. The van der Waals surface area contributed by atoms with Crippen LogP contribution in [0.2, 0.25) is 0 Å². The van der Waals surface area contributed by atoms with Crippen LogP contribution in [0.1, 0.15) is 78.1 Å². The van der Waals surface area contributed by atoms with E-state index in [1.54, 1.807) is 25.0 Å². The van der Waals surface area contributed by atoms with Crippen LogP contribution in [0.3, 0.4) is 0 Å². The Morgan fingerprint density at radius 2 is 1.61 bits per heavy atom. The van der Waals surface area contributed by atoms with E-state index in [1.165, 1.54) is 28.4 Å². The van der Waals surface area contributed by atoms with Crippen molar-refractivity contribution in [3.05, 3.63) is 27.2 Å². The highest BCUT2D eigenvalue weighted by molar-refractivity contribution is 5.81. The highest BCUT2D eigenvalue weighted by Gasteiger charge is 2.18. The molecule has 0 radical (unpaired) electrons. The van der Waals surface area contributed by atoms with Gasteiger partial charge in [0.15, 0.2) is 11.2 Å². The monoisotopic (exact) mass is 462 g/mol. The van der Waals surface area contributed by atoms with Crippen LogP contribution in [-0.2, 0) is 25.4 Å². The highest BCUT2D eigenvalue weighted by Crippen LogP contribution is 2.10. The summed E-state index contributed by atoms with van der Waals surface area (Å²) in [5.41, 5.74) is 6.27. The lowest BCUT2D eigenvalue weighted by molar-refractivity contribution is -0.123. The van der Waals surface area contributed by atoms with Crippen LogP contribution in [0.15, 0.2) is 15.9 Å². The number of carbonyl (C=O) groups is 1. The minimum atomic E-state index is -0.408. The third kappa shape index (κ3) is 7.28. The Morgan fingerprint density at radius 1 is 1.03 bits per heavy atom. The molecule has 9 nitrogen and oxygen atoms in total. The van der Waals surface area contributed by atoms with Crippen molar-refractivity contribution in [3.63, 3.8) is 0 Å². The third-order valence-corrected chi connectivity index (χ3v) is 6.62. The van der Waals surface area contributed by atoms with Gasteiger partial charge in [-0.3, -0.25) is 18.7 Å². The summed E-state index contributed by atoms with van der Waals surface area (Å²) in [6.45, 7) is 5.20. The van der Waals surface area contributed by atoms with Gasteiger partial charge in [-0.15, -0.1) is 0 Å². The van der Waals surface area contributed by atoms with Crippen molar-refractivity contribution >= 4 is 17.1 Å². The van der Waals surface area contributed by atoms with E-state index in [9.17, 15) is 14.4 Å². The smallest absolute Gasteiger partial charge is 0.332 e. The quantitative estimate of drug-likeness (QED) is 0.394. The number of amides is 1. The number of rotatable bonds is 15. The minimum Gasteiger partial charge on any atom is -0.355 e. The Hall–Kier alpha value is -2.42. The molecule has 2 atom stereocenters. The number of aryl methyl sites for hydroxylation is 2. The summed E-state index contributed by atoms with van der Waals surface area (Å²) in [6.07, 6.45) is 12.2. The van der Waals surface area contributed by atoms with E-state index in [0.29, 0.717) is 24.3 Å². The molecule has 2 aromatic rings. The minimum absolute atomic E-state index is 0.0373. The summed E-state index contributed by atoms with van der Waals surface area (Å²) >= 11 is 0. The van der Waals surface area contributed by atoms with Crippen molar-refractivity contribution in [1.29, 1.82) is 0 Å². The van der Waals surface area contributed by atoms with Gasteiger partial charge in [0, 0.05) is 27.2 Å². The average molecular weight is 463 g/mol. The maximum atomic E-state index is 12.7. The Balaban J connectivity index is 1.55. The van der Waals surface area contributed by atoms with Crippen molar-refractivity contribution in [3.8, 4) is 0 Å². The van der Waals surface area contributed by atoms with Crippen LogP contribution in [-0.4, -0.2) is 37.2 Å². The number of imidazole rings is 1. The normalized spacial score (nSPS) is 13.4. The molecule has 0 aliphatic rings. The maximum absolute atomic E-state index is 12.7. The number of nitrogens with one attached hydrogen (secondary N) is 1. The van der Waals surface area contributed by atoms with Crippen LogP contribution in [0.25, 0.3) is 11.2 Å². The molecule has 0 aliphatic heterocycles. The first kappa shape index (κ1) is 26.8. The predicted octanol–water partition coefficient (Wildman–Crippen LogP) is 2.43. The zero-order valence-electron chi connectivity index (χ0n) is 20.8. The van der Waals surface area contributed by atoms with Gasteiger partial charge in [0.2, 0.25) is 5.91 Å². The molecule has 9 heteroatoms. The number of aromatic nitrogens is 4. The first-order chi connectivity index (χ1) is 15.8.